The number of halogens is 4. The summed E-state index contributed by atoms with van der Waals surface area (Å²) in [5.41, 5.74) is 0.829. The van der Waals surface area contributed by atoms with E-state index in [1.807, 2.05) is 12.1 Å². The van der Waals surface area contributed by atoms with Crippen LogP contribution in [-0.2, 0) is 0 Å². The molecule has 0 aromatic heterocycles. The quantitative estimate of drug-likeness (QED) is 0.340. The van der Waals surface area contributed by atoms with Crippen LogP contribution in [0.2, 0.25) is 5.02 Å². The number of anilines is 1. The Morgan fingerprint density at radius 1 is 1.15 bits per heavy atom. The van der Waals surface area contributed by atoms with Gasteiger partial charge in [0.1, 0.15) is 0 Å². The van der Waals surface area contributed by atoms with Gasteiger partial charge < -0.3 is 0 Å². The van der Waals surface area contributed by atoms with Gasteiger partial charge in [-0.15, -0.1) is 0 Å². The second kappa shape index (κ2) is 4.49. The van der Waals surface area contributed by atoms with Crippen molar-refractivity contribution < 1.29 is 0 Å². The molecule has 2 N–H and O–H groups in total. The first-order valence-electron chi connectivity index (χ1n) is 3.28. The monoisotopic (exact) mass is 390 g/mol. The molecule has 1 aromatic carbocycles. The van der Waals surface area contributed by atoms with E-state index in [0.29, 0.717) is 5.02 Å². The predicted molar refractivity (Wildman–Crippen MR) is 67.6 cm³/mol. The first-order chi connectivity index (χ1) is 5.91. The Labute approximate surface area is 107 Å². The number of nitrogens with two attached hydrogens (primary N) is 1. The fourth-order valence-corrected chi connectivity index (χ4v) is 1.49. The zero-order valence-corrected chi connectivity index (χ0v) is 11.9. The Morgan fingerprint density at radius 2 is 1.62 bits per heavy atom. The summed E-state index contributed by atoms with van der Waals surface area (Å²) in [6.45, 7) is 0. The van der Waals surface area contributed by atoms with Crippen LogP contribution in [0.25, 0.3) is 0 Å². The third-order valence-corrected chi connectivity index (χ3v) is 2.78. The van der Waals surface area contributed by atoms with Crippen LogP contribution in [0.15, 0.2) is 24.3 Å². The van der Waals surface area contributed by atoms with Crippen LogP contribution in [0, 0.1) is 0 Å². The standard InChI is InChI=1S/C7H6Br3ClN2/c8-7(9,10)13(12)6-3-1-5(11)2-4-6/h1-4H,12H2. The van der Waals surface area contributed by atoms with Crippen molar-refractivity contribution in [2.24, 2.45) is 5.84 Å². The Bertz CT molecular complexity index is 283. The highest BCUT2D eigenvalue weighted by atomic mass is 80.0. The predicted octanol–water partition coefficient (Wildman–Crippen LogP) is 3.82. The summed E-state index contributed by atoms with van der Waals surface area (Å²) < 4.78 is -0.638. The summed E-state index contributed by atoms with van der Waals surface area (Å²) in [4.78, 5) is 0. The van der Waals surface area contributed by atoms with Crippen LogP contribution in [0.3, 0.4) is 0 Å². The third kappa shape index (κ3) is 3.40. The minimum absolute atomic E-state index is 0.638. The van der Waals surface area contributed by atoms with Crippen molar-refractivity contribution in [1.82, 2.24) is 0 Å². The molecule has 0 radical (unpaired) electrons. The number of nitrogens with zero attached hydrogens (tertiary/aromatic N) is 1. The molecule has 1 rings (SSSR count). The molecular formula is C7H6Br3ClN2. The number of alkyl halides is 3. The second-order valence-corrected chi connectivity index (χ2v) is 9.39. The van der Waals surface area contributed by atoms with Gasteiger partial charge in [0.15, 0.2) is 0 Å². The van der Waals surface area contributed by atoms with E-state index in [-0.39, 0.29) is 0 Å². The van der Waals surface area contributed by atoms with Gasteiger partial charge in [0.2, 0.25) is 2.27 Å². The molecule has 0 saturated carbocycles. The maximum absolute atomic E-state index is 5.77. The summed E-state index contributed by atoms with van der Waals surface area (Å²) in [7, 11) is 0. The Balaban J connectivity index is 2.90. The summed E-state index contributed by atoms with van der Waals surface area (Å²) in [5.74, 6) is 5.77. The molecule has 0 aliphatic carbocycles. The normalized spacial score (nSPS) is 11.5. The molecule has 0 spiro atoms. The first kappa shape index (κ1) is 11.8. The van der Waals surface area contributed by atoms with Gasteiger partial charge in [-0.25, -0.2) is 5.84 Å². The molecule has 0 fully saturated rings. The van der Waals surface area contributed by atoms with E-state index in [1.54, 1.807) is 12.1 Å². The van der Waals surface area contributed by atoms with Gasteiger partial charge in [0.25, 0.3) is 0 Å². The van der Waals surface area contributed by atoms with Crippen molar-refractivity contribution in [3.63, 3.8) is 0 Å². The van der Waals surface area contributed by atoms with Gasteiger partial charge in [-0.3, -0.25) is 5.01 Å². The summed E-state index contributed by atoms with van der Waals surface area (Å²) in [6, 6.07) is 7.19. The largest absolute Gasteiger partial charge is 0.275 e. The zero-order chi connectivity index (χ0) is 10.1. The molecule has 0 aliphatic heterocycles. The minimum atomic E-state index is -0.638. The zero-order valence-electron chi connectivity index (χ0n) is 6.35. The maximum atomic E-state index is 5.77. The van der Waals surface area contributed by atoms with Crippen LogP contribution in [-0.4, -0.2) is 2.27 Å². The number of hydrogen-bond donors (Lipinski definition) is 1. The molecule has 0 atom stereocenters. The van der Waals surface area contributed by atoms with E-state index in [9.17, 15) is 0 Å². The van der Waals surface area contributed by atoms with Crippen LogP contribution in [0.1, 0.15) is 0 Å². The molecule has 6 heteroatoms. The van der Waals surface area contributed by atoms with Gasteiger partial charge in [0, 0.05) is 5.02 Å². The van der Waals surface area contributed by atoms with Gasteiger partial charge in [-0.1, -0.05) is 11.6 Å². The smallest absolute Gasteiger partial charge is 0.220 e. The lowest BCUT2D eigenvalue weighted by atomic mass is 10.3. The van der Waals surface area contributed by atoms with Crippen molar-refractivity contribution in [3.8, 4) is 0 Å². The molecule has 0 amide bonds. The lowest BCUT2D eigenvalue weighted by Gasteiger charge is -2.27. The van der Waals surface area contributed by atoms with Crippen LogP contribution < -0.4 is 10.9 Å². The van der Waals surface area contributed by atoms with Gasteiger partial charge in [-0.05, 0) is 72.1 Å². The van der Waals surface area contributed by atoms with Crippen LogP contribution in [0.4, 0.5) is 5.69 Å². The number of rotatable bonds is 1. The van der Waals surface area contributed by atoms with Gasteiger partial charge in [0.05, 0.1) is 5.69 Å². The Kier molecular flexibility index (Phi) is 4.07. The van der Waals surface area contributed by atoms with Crippen molar-refractivity contribution in [3.05, 3.63) is 29.3 Å². The van der Waals surface area contributed by atoms with Crippen molar-refractivity contribution in [2.75, 3.05) is 5.01 Å². The van der Waals surface area contributed by atoms with Crippen LogP contribution in [0.5, 0.6) is 0 Å². The molecule has 72 valence electrons. The highest BCUT2D eigenvalue weighted by Crippen LogP contribution is 2.38. The number of hydrazine groups is 1. The van der Waals surface area contributed by atoms with E-state index in [2.05, 4.69) is 47.8 Å². The molecule has 0 aliphatic rings. The van der Waals surface area contributed by atoms with Gasteiger partial charge >= 0.3 is 0 Å². The molecule has 13 heavy (non-hydrogen) atoms. The highest BCUT2D eigenvalue weighted by Gasteiger charge is 2.25. The summed E-state index contributed by atoms with van der Waals surface area (Å²) >= 11 is 15.6. The number of hydrogen-bond acceptors (Lipinski definition) is 2. The maximum Gasteiger partial charge on any atom is 0.220 e. The molecular weight excluding hydrogens is 387 g/mol. The number of benzene rings is 1. The first-order valence-corrected chi connectivity index (χ1v) is 6.04. The van der Waals surface area contributed by atoms with E-state index in [1.165, 1.54) is 5.01 Å². The lowest BCUT2D eigenvalue weighted by Crippen LogP contribution is -2.40. The second-order valence-electron chi connectivity index (χ2n) is 2.31. The minimum Gasteiger partial charge on any atom is -0.275 e. The molecule has 0 heterocycles. The highest BCUT2D eigenvalue weighted by molar-refractivity contribution is 9.39. The Morgan fingerprint density at radius 3 is 2.00 bits per heavy atom. The summed E-state index contributed by atoms with van der Waals surface area (Å²) in [6.07, 6.45) is 0. The van der Waals surface area contributed by atoms with Crippen LogP contribution >= 0.6 is 59.4 Å². The van der Waals surface area contributed by atoms with Gasteiger partial charge in [-0.2, -0.15) is 0 Å². The average Bonchev–Trinajstić information content (AvgIpc) is 2.03. The molecule has 0 bridgehead atoms. The molecule has 1 aromatic rings. The van der Waals surface area contributed by atoms with E-state index in [4.69, 9.17) is 17.4 Å². The van der Waals surface area contributed by atoms with Crippen molar-refractivity contribution in [1.29, 1.82) is 0 Å². The Hall–Kier alpha value is 0.710. The topological polar surface area (TPSA) is 29.3 Å². The molecule has 2 nitrogen and oxygen atoms in total. The average molecular weight is 393 g/mol. The third-order valence-electron chi connectivity index (χ3n) is 1.38. The van der Waals surface area contributed by atoms with Crippen molar-refractivity contribution in [2.45, 2.75) is 2.27 Å². The SMILES string of the molecule is NN(c1ccc(Cl)cc1)C(Br)(Br)Br. The van der Waals surface area contributed by atoms with E-state index >= 15 is 0 Å². The fourth-order valence-electron chi connectivity index (χ4n) is 0.748. The van der Waals surface area contributed by atoms with Crippen molar-refractivity contribution >= 4 is 65.1 Å². The fraction of sp³-hybridized carbons (Fsp3) is 0.143. The summed E-state index contributed by atoms with van der Waals surface area (Å²) in [5, 5.41) is 2.16. The van der Waals surface area contributed by atoms with E-state index < -0.39 is 2.27 Å². The lowest BCUT2D eigenvalue weighted by molar-refractivity contribution is 0.946. The molecule has 0 unspecified atom stereocenters. The molecule has 0 saturated heterocycles. The van der Waals surface area contributed by atoms with E-state index in [0.717, 1.165) is 5.69 Å².